The second-order valence-corrected chi connectivity index (χ2v) is 9.22. The monoisotopic (exact) mass is 414 g/mol. The van der Waals surface area contributed by atoms with Gasteiger partial charge in [-0.2, -0.15) is 4.98 Å². The molecule has 4 rings (SSSR count). The van der Waals surface area contributed by atoms with Gasteiger partial charge in [-0.3, -0.25) is 4.57 Å². The highest BCUT2D eigenvalue weighted by atomic mass is 16.5. The number of carbonyl (C=O) groups excluding carboxylic acids is 1. The summed E-state index contributed by atoms with van der Waals surface area (Å²) in [6, 6.07) is 6.74. The molecule has 1 aromatic carbocycles. The van der Waals surface area contributed by atoms with Crippen molar-refractivity contribution in [3.63, 3.8) is 0 Å². The maximum atomic E-state index is 11.2. The molecule has 0 aliphatic heterocycles. The molecule has 0 bridgehead atoms. The first-order valence-corrected chi connectivity index (χ1v) is 11.3. The van der Waals surface area contributed by atoms with Crippen molar-refractivity contribution in [3.8, 4) is 11.8 Å². The number of carbonyl (C=O) groups is 1. The highest BCUT2D eigenvalue weighted by Gasteiger charge is 2.25. The molecular formula is C24H34N2O4. The van der Waals surface area contributed by atoms with Crippen LogP contribution in [0.4, 0.5) is 0 Å². The SMILES string of the molecule is CC(=O)C[C@@H](C)COC1CCC(Oc2nc3ccc(OCC4CC4)cc3n2C)CC1. The topological polar surface area (TPSA) is 62.6 Å². The molecule has 0 amide bonds. The third kappa shape index (κ3) is 5.54. The Hall–Kier alpha value is -2.08. The summed E-state index contributed by atoms with van der Waals surface area (Å²) in [5, 5.41) is 0. The average molecular weight is 415 g/mol. The molecule has 2 aromatic rings. The lowest BCUT2D eigenvalue weighted by atomic mass is 9.95. The minimum Gasteiger partial charge on any atom is -0.493 e. The standard InChI is InChI=1S/C24H34N2O4/c1-16(12-17(2)27)14-28-19-6-8-20(9-7-19)30-24-25-22-11-10-21(13-23(22)26(24)3)29-15-18-4-5-18/h10-11,13,16,18-20H,4-9,12,14-15H2,1-3H3/t16-,19?,20?/m1/s1. The van der Waals surface area contributed by atoms with Crippen LogP contribution in [-0.4, -0.2) is 40.8 Å². The number of ether oxygens (including phenoxy) is 3. The molecule has 0 radical (unpaired) electrons. The first-order chi connectivity index (χ1) is 14.5. The Kier molecular flexibility index (Phi) is 6.61. The van der Waals surface area contributed by atoms with E-state index in [1.54, 1.807) is 6.92 Å². The molecule has 2 aliphatic carbocycles. The van der Waals surface area contributed by atoms with Crippen molar-refractivity contribution < 1.29 is 19.0 Å². The van der Waals surface area contributed by atoms with Crippen molar-refractivity contribution in [3.05, 3.63) is 18.2 Å². The summed E-state index contributed by atoms with van der Waals surface area (Å²) < 4.78 is 20.2. The minimum absolute atomic E-state index is 0.167. The maximum Gasteiger partial charge on any atom is 0.297 e. The number of hydrogen-bond donors (Lipinski definition) is 0. The summed E-state index contributed by atoms with van der Waals surface area (Å²) in [5.74, 6) is 2.16. The maximum absolute atomic E-state index is 11.2. The molecule has 0 saturated heterocycles. The molecule has 2 saturated carbocycles. The van der Waals surface area contributed by atoms with Crippen LogP contribution < -0.4 is 9.47 Å². The third-order valence-corrected chi connectivity index (χ3v) is 6.14. The van der Waals surface area contributed by atoms with Crippen molar-refractivity contribution in [2.75, 3.05) is 13.2 Å². The van der Waals surface area contributed by atoms with E-state index < -0.39 is 0 Å². The summed E-state index contributed by atoms with van der Waals surface area (Å²) in [6.45, 7) is 5.18. The van der Waals surface area contributed by atoms with Crippen LogP contribution in [0, 0.1) is 11.8 Å². The molecule has 0 spiro atoms. The average Bonchev–Trinajstić information content (AvgIpc) is 3.50. The Morgan fingerprint density at radius 1 is 1.17 bits per heavy atom. The van der Waals surface area contributed by atoms with Crippen molar-refractivity contribution in [2.24, 2.45) is 18.9 Å². The van der Waals surface area contributed by atoms with E-state index in [-0.39, 0.29) is 23.9 Å². The zero-order chi connectivity index (χ0) is 21.1. The summed E-state index contributed by atoms with van der Waals surface area (Å²) in [6.07, 6.45) is 7.51. The fourth-order valence-electron chi connectivity index (χ4n) is 4.16. The number of rotatable bonds is 10. The smallest absolute Gasteiger partial charge is 0.297 e. The Labute approximate surface area is 178 Å². The number of fused-ring (bicyclic) bond motifs is 1. The Morgan fingerprint density at radius 3 is 2.60 bits per heavy atom. The molecule has 2 fully saturated rings. The number of aromatic nitrogens is 2. The first-order valence-electron chi connectivity index (χ1n) is 11.3. The van der Waals surface area contributed by atoms with Gasteiger partial charge in [0.15, 0.2) is 0 Å². The normalized spacial score (nSPS) is 22.8. The van der Waals surface area contributed by atoms with Gasteiger partial charge in [0.25, 0.3) is 6.01 Å². The molecule has 1 aromatic heterocycles. The van der Waals surface area contributed by atoms with E-state index >= 15 is 0 Å². The van der Waals surface area contributed by atoms with Crippen molar-refractivity contribution in [2.45, 2.75) is 71.0 Å². The molecule has 1 heterocycles. The summed E-state index contributed by atoms with van der Waals surface area (Å²) in [5.41, 5.74) is 1.97. The number of Topliss-reactive ketones (excluding diaryl/α,β-unsaturated/α-hetero) is 1. The number of hydrogen-bond acceptors (Lipinski definition) is 5. The van der Waals surface area contributed by atoms with Crippen LogP contribution in [0.1, 0.15) is 58.8 Å². The van der Waals surface area contributed by atoms with E-state index in [4.69, 9.17) is 14.2 Å². The lowest BCUT2D eigenvalue weighted by Crippen LogP contribution is -2.30. The number of aryl methyl sites for hydroxylation is 1. The third-order valence-electron chi connectivity index (χ3n) is 6.14. The zero-order valence-electron chi connectivity index (χ0n) is 18.4. The van der Waals surface area contributed by atoms with Gasteiger partial charge in [-0.1, -0.05) is 6.92 Å². The molecule has 0 unspecified atom stereocenters. The van der Waals surface area contributed by atoms with E-state index in [1.165, 1.54) is 12.8 Å². The van der Waals surface area contributed by atoms with Crippen LogP contribution in [0.15, 0.2) is 18.2 Å². The number of ketones is 1. The predicted molar refractivity (Wildman–Crippen MR) is 116 cm³/mol. The Bertz CT molecular complexity index is 865. The highest BCUT2D eigenvalue weighted by molar-refractivity contribution is 5.78. The fraction of sp³-hybridized carbons (Fsp3) is 0.667. The number of nitrogens with zero attached hydrogens (tertiary/aromatic N) is 2. The predicted octanol–water partition coefficient (Wildman–Crippen LogP) is 4.68. The van der Waals surface area contributed by atoms with E-state index in [2.05, 4.69) is 18.0 Å². The van der Waals surface area contributed by atoms with Gasteiger partial charge in [0, 0.05) is 26.1 Å². The van der Waals surface area contributed by atoms with Gasteiger partial charge in [-0.05, 0) is 69.4 Å². The van der Waals surface area contributed by atoms with Crippen molar-refractivity contribution in [1.29, 1.82) is 0 Å². The van der Waals surface area contributed by atoms with Crippen LogP contribution >= 0.6 is 0 Å². The van der Waals surface area contributed by atoms with Crippen LogP contribution in [0.2, 0.25) is 0 Å². The summed E-state index contributed by atoms with van der Waals surface area (Å²) in [7, 11) is 2.00. The van der Waals surface area contributed by atoms with Gasteiger partial charge in [0.2, 0.25) is 0 Å². The minimum atomic E-state index is 0.167. The number of imidazole rings is 1. The molecule has 2 aliphatic rings. The summed E-state index contributed by atoms with van der Waals surface area (Å²) in [4.78, 5) is 15.9. The summed E-state index contributed by atoms with van der Waals surface area (Å²) >= 11 is 0. The van der Waals surface area contributed by atoms with Gasteiger partial charge >= 0.3 is 0 Å². The van der Waals surface area contributed by atoms with E-state index in [9.17, 15) is 4.79 Å². The number of benzene rings is 1. The van der Waals surface area contributed by atoms with Gasteiger partial charge in [-0.15, -0.1) is 0 Å². The van der Waals surface area contributed by atoms with Gasteiger partial charge < -0.3 is 19.0 Å². The van der Waals surface area contributed by atoms with E-state index in [0.29, 0.717) is 19.0 Å². The zero-order valence-corrected chi connectivity index (χ0v) is 18.4. The second kappa shape index (κ2) is 9.38. The van der Waals surface area contributed by atoms with Gasteiger partial charge in [-0.25, -0.2) is 0 Å². The van der Waals surface area contributed by atoms with Crippen LogP contribution in [-0.2, 0) is 16.6 Å². The largest absolute Gasteiger partial charge is 0.493 e. The van der Waals surface area contributed by atoms with Crippen LogP contribution in [0.5, 0.6) is 11.8 Å². The molecule has 0 N–H and O–H groups in total. The molecule has 6 nitrogen and oxygen atoms in total. The van der Waals surface area contributed by atoms with Crippen molar-refractivity contribution in [1.82, 2.24) is 9.55 Å². The molecular weight excluding hydrogens is 380 g/mol. The Morgan fingerprint density at radius 2 is 1.90 bits per heavy atom. The van der Waals surface area contributed by atoms with E-state index in [0.717, 1.165) is 55.0 Å². The quantitative estimate of drug-likeness (QED) is 0.565. The van der Waals surface area contributed by atoms with Crippen molar-refractivity contribution >= 4 is 16.8 Å². The lowest BCUT2D eigenvalue weighted by molar-refractivity contribution is -0.118. The van der Waals surface area contributed by atoms with Crippen LogP contribution in [0.25, 0.3) is 11.0 Å². The molecule has 1 atom stereocenters. The molecule has 164 valence electrons. The van der Waals surface area contributed by atoms with Gasteiger partial charge in [0.1, 0.15) is 17.6 Å². The highest BCUT2D eigenvalue weighted by Crippen LogP contribution is 2.31. The molecule has 6 heteroatoms. The van der Waals surface area contributed by atoms with Crippen LogP contribution in [0.3, 0.4) is 0 Å². The van der Waals surface area contributed by atoms with Gasteiger partial charge in [0.05, 0.1) is 23.7 Å². The first kappa shape index (κ1) is 21.2. The molecule has 30 heavy (non-hydrogen) atoms. The fourth-order valence-corrected chi connectivity index (χ4v) is 4.16. The van der Waals surface area contributed by atoms with E-state index in [1.807, 2.05) is 23.7 Å². The Balaban J connectivity index is 1.28. The lowest BCUT2D eigenvalue weighted by Gasteiger charge is -2.29. The second-order valence-electron chi connectivity index (χ2n) is 9.22.